The minimum absolute atomic E-state index is 0.565. The van der Waals surface area contributed by atoms with E-state index >= 15 is 0 Å². The van der Waals surface area contributed by atoms with Gasteiger partial charge in [-0.3, -0.25) is 9.67 Å². The van der Waals surface area contributed by atoms with Crippen molar-refractivity contribution in [2.75, 3.05) is 45.8 Å². The average molecular weight is 320 g/mol. The molecule has 0 saturated carbocycles. The highest BCUT2D eigenvalue weighted by Crippen LogP contribution is 2.26. The lowest BCUT2D eigenvalue weighted by atomic mass is 10.0. The Morgan fingerprint density at radius 2 is 2.17 bits per heavy atom. The molecule has 0 bridgehead atoms. The Balaban J connectivity index is 1.93. The predicted molar refractivity (Wildman–Crippen MR) is 95.9 cm³/mol. The lowest BCUT2D eigenvalue weighted by Gasteiger charge is -2.22. The van der Waals surface area contributed by atoms with Gasteiger partial charge in [0.15, 0.2) is 5.96 Å². The molecule has 0 amide bonds. The van der Waals surface area contributed by atoms with E-state index in [1.165, 1.54) is 12.0 Å². The summed E-state index contributed by atoms with van der Waals surface area (Å²) in [5.74, 6) is 1.63. The normalized spacial score (nSPS) is 18.9. The topological polar surface area (TPSA) is 48.7 Å². The van der Waals surface area contributed by atoms with E-state index in [9.17, 15) is 0 Å². The van der Waals surface area contributed by atoms with Crippen LogP contribution in [-0.2, 0) is 7.05 Å². The number of nitrogens with one attached hydrogen (secondary N) is 1. The summed E-state index contributed by atoms with van der Waals surface area (Å²) in [6.45, 7) is 13.6. The highest BCUT2D eigenvalue weighted by Gasteiger charge is 2.26. The fourth-order valence-electron chi connectivity index (χ4n) is 3.14. The zero-order valence-electron chi connectivity index (χ0n) is 15.1. The molecule has 1 aromatic heterocycles. The van der Waals surface area contributed by atoms with Crippen molar-refractivity contribution < 1.29 is 0 Å². The number of hydrogen-bond acceptors (Lipinski definition) is 3. The molecule has 6 heteroatoms. The standard InChI is InChI=1S/C17H32N6/c1-5-18-17(19-9-11-22(6-2)7-3)23-10-8-15(14-23)16-12-20-21(4)13-16/h12-13,15H,5-11,14H2,1-4H3,(H,18,19). The number of likely N-dealkylation sites (N-methyl/N-ethyl adjacent to an activating group) is 1. The summed E-state index contributed by atoms with van der Waals surface area (Å²) in [6, 6.07) is 0. The third kappa shape index (κ3) is 4.96. The maximum Gasteiger partial charge on any atom is 0.193 e. The number of hydrogen-bond donors (Lipinski definition) is 1. The number of guanidine groups is 1. The van der Waals surface area contributed by atoms with E-state index in [1.807, 2.05) is 17.9 Å². The molecule has 23 heavy (non-hydrogen) atoms. The van der Waals surface area contributed by atoms with Crippen molar-refractivity contribution in [1.82, 2.24) is 24.9 Å². The monoisotopic (exact) mass is 320 g/mol. The quantitative estimate of drug-likeness (QED) is 0.611. The van der Waals surface area contributed by atoms with Crippen molar-refractivity contribution >= 4 is 5.96 Å². The molecule has 0 aromatic carbocycles. The molecule has 1 aromatic rings. The van der Waals surface area contributed by atoms with Gasteiger partial charge in [0.05, 0.1) is 12.7 Å². The highest BCUT2D eigenvalue weighted by molar-refractivity contribution is 5.80. The van der Waals surface area contributed by atoms with Crippen LogP contribution in [0, 0.1) is 0 Å². The van der Waals surface area contributed by atoms with Gasteiger partial charge in [0.1, 0.15) is 0 Å². The molecule has 1 fully saturated rings. The highest BCUT2D eigenvalue weighted by atomic mass is 15.3. The third-order valence-electron chi connectivity index (χ3n) is 4.59. The summed E-state index contributed by atoms with van der Waals surface area (Å²) in [5, 5.41) is 7.75. The minimum atomic E-state index is 0.565. The first-order valence-corrected chi connectivity index (χ1v) is 8.92. The van der Waals surface area contributed by atoms with Gasteiger partial charge in [-0.2, -0.15) is 5.10 Å². The summed E-state index contributed by atoms with van der Waals surface area (Å²) < 4.78 is 1.89. The van der Waals surface area contributed by atoms with E-state index in [-0.39, 0.29) is 0 Å². The number of nitrogens with zero attached hydrogens (tertiary/aromatic N) is 5. The Kier molecular flexibility index (Phi) is 6.89. The van der Waals surface area contributed by atoms with E-state index in [4.69, 9.17) is 4.99 Å². The Hall–Kier alpha value is -1.56. The molecule has 0 spiro atoms. The van der Waals surface area contributed by atoms with Crippen molar-refractivity contribution in [2.24, 2.45) is 12.0 Å². The zero-order chi connectivity index (χ0) is 16.7. The number of aromatic nitrogens is 2. The van der Waals surface area contributed by atoms with Crippen molar-refractivity contribution in [3.05, 3.63) is 18.0 Å². The van der Waals surface area contributed by atoms with Crippen LogP contribution in [0.5, 0.6) is 0 Å². The Morgan fingerprint density at radius 3 is 2.78 bits per heavy atom. The Labute approximate surface area is 140 Å². The molecule has 2 heterocycles. The third-order valence-corrected chi connectivity index (χ3v) is 4.59. The Bertz CT molecular complexity index is 491. The van der Waals surface area contributed by atoms with E-state index < -0.39 is 0 Å². The SMILES string of the molecule is CCNC(=NCCN(CC)CC)N1CCC(c2cnn(C)c2)C1. The van der Waals surface area contributed by atoms with Gasteiger partial charge < -0.3 is 15.1 Å². The first kappa shape index (κ1) is 17.8. The van der Waals surface area contributed by atoms with Gasteiger partial charge in [-0.05, 0) is 32.0 Å². The summed E-state index contributed by atoms with van der Waals surface area (Å²) in [5.41, 5.74) is 1.34. The maximum absolute atomic E-state index is 4.83. The second kappa shape index (κ2) is 8.91. The molecule has 0 radical (unpaired) electrons. The zero-order valence-corrected chi connectivity index (χ0v) is 15.1. The number of aryl methyl sites for hydroxylation is 1. The molecule has 130 valence electrons. The van der Waals surface area contributed by atoms with E-state index in [0.29, 0.717) is 5.92 Å². The van der Waals surface area contributed by atoms with Crippen molar-refractivity contribution in [2.45, 2.75) is 33.1 Å². The van der Waals surface area contributed by atoms with Crippen LogP contribution >= 0.6 is 0 Å². The second-order valence-electron chi connectivity index (χ2n) is 6.14. The minimum Gasteiger partial charge on any atom is -0.357 e. The molecule has 1 atom stereocenters. The summed E-state index contributed by atoms with van der Waals surface area (Å²) in [4.78, 5) is 9.64. The summed E-state index contributed by atoms with van der Waals surface area (Å²) >= 11 is 0. The summed E-state index contributed by atoms with van der Waals surface area (Å²) in [7, 11) is 1.98. The molecule has 2 rings (SSSR count). The van der Waals surface area contributed by atoms with Gasteiger partial charge >= 0.3 is 0 Å². The van der Waals surface area contributed by atoms with Crippen LogP contribution in [-0.4, -0.2) is 71.4 Å². The smallest absolute Gasteiger partial charge is 0.193 e. The van der Waals surface area contributed by atoms with Crippen LogP contribution in [0.3, 0.4) is 0 Å². The largest absolute Gasteiger partial charge is 0.357 e. The summed E-state index contributed by atoms with van der Waals surface area (Å²) in [6.07, 6.45) is 5.31. The van der Waals surface area contributed by atoms with E-state index in [2.05, 4.69) is 47.2 Å². The Morgan fingerprint density at radius 1 is 1.39 bits per heavy atom. The van der Waals surface area contributed by atoms with Gasteiger partial charge in [0.2, 0.25) is 0 Å². The molecule has 1 aliphatic rings. The lowest BCUT2D eigenvalue weighted by molar-refractivity contribution is 0.312. The van der Waals surface area contributed by atoms with E-state index in [1.54, 1.807) is 0 Å². The van der Waals surface area contributed by atoms with Crippen molar-refractivity contribution in [1.29, 1.82) is 0 Å². The van der Waals surface area contributed by atoms with Gasteiger partial charge in [-0.1, -0.05) is 13.8 Å². The molecule has 6 nitrogen and oxygen atoms in total. The molecule has 0 aliphatic carbocycles. The number of likely N-dealkylation sites (tertiary alicyclic amines) is 1. The molecular weight excluding hydrogens is 288 g/mol. The molecule has 1 unspecified atom stereocenters. The van der Waals surface area contributed by atoms with Gasteiger partial charge in [0, 0.05) is 45.3 Å². The van der Waals surface area contributed by atoms with Crippen LogP contribution < -0.4 is 5.32 Å². The lowest BCUT2D eigenvalue weighted by Crippen LogP contribution is -2.40. The number of aliphatic imine (C=N–C) groups is 1. The maximum atomic E-state index is 4.83. The van der Waals surface area contributed by atoms with Crippen LogP contribution in [0.15, 0.2) is 17.4 Å². The first-order chi connectivity index (χ1) is 11.2. The van der Waals surface area contributed by atoms with Crippen LogP contribution in [0.2, 0.25) is 0 Å². The molecule has 1 N–H and O–H groups in total. The second-order valence-corrected chi connectivity index (χ2v) is 6.14. The van der Waals surface area contributed by atoms with Crippen molar-refractivity contribution in [3.8, 4) is 0 Å². The molecule has 1 saturated heterocycles. The van der Waals surface area contributed by atoms with E-state index in [0.717, 1.165) is 51.8 Å². The van der Waals surface area contributed by atoms with Gasteiger partial charge in [-0.15, -0.1) is 0 Å². The van der Waals surface area contributed by atoms with Crippen LogP contribution in [0.1, 0.15) is 38.7 Å². The van der Waals surface area contributed by atoms with Crippen LogP contribution in [0.4, 0.5) is 0 Å². The van der Waals surface area contributed by atoms with Crippen molar-refractivity contribution in [3.63, 3.8) is 0 Å². The first-order valence-electron chi connectivity index (χ1n) is 8.92. The number of rotatable bonds is 7. The van der Waals surface area contributed by atoms with Gasteiger partial charge in [-0.25, -0.2) is 0 Å². The van der Waals surface area contributed by atoms with Crippen LogP contribution in [0.25, 0.3) is 0 Å². The average Bonchev–Trinajstić information content (AvgIpc) is 3.19. The molecule has 1 aliphatic heterocycles. The fourth-order valence-corrected chi connectivity index (χ4v) is 3.14. The fraction of sp³-hybridized carbons (Fsp3) is 0.765. The van der Waals surface area contributed by atoms with Gasteiger partial charge in [0.25, 0.3) is 0 Å². The molecular formula is C17H32N6. The predicted octanol–water partition coefficient (Wildman–Crippen LogP) is 1.52.